The largest absolute Gasteiger partial charge is 0.463 e. The third-order valence-electron chi connectivity index (χ3n) is 1.53. The summed E-state index contributed by atoms with van der Waals surface area (Å²) < 4.78 is 4.76. The fourth-order valence-corrected chi connectivity index (χ4v) is 0.367. The van der Waals surface area contributed by atoms with Crippen LogP contribution in [0.5, 0.6) is 0 Å². The van der Waals surface area contributed by atoms with Gasteiger partial charge in [-0.2, -0.15) is 0 Å². The normalized spacial score (nSPS) is 12.7. The number of aliphatic hydroxyl groups excluding tert-OH is 1. The minimum Gasteiger partial charge on any atom is -0.463 e. The average Bonchev–Trinajstić information content (AvgIpc) is 2.04. The number of hydrogen-bond donors (Lipinski definition) is 1. The Balaban J connectivity index is -0.000000177. The highest BCUT2D eigenvalue weighted by molar-refractivity contribution is 5.66. The van der Waals surface area contributed by atoms with Gasteiger partial charge in [0.05, 0.1) is 12.2 Å². The van der Waals surface area contributed by atoms with Gasteiger partial charge in [-0.3, -0.25) is 4.79 Å². The van der Waals surface area contributed by atoms with Gasteiger partial charge in [0.25, 0.3) is 0 Å². The molecular weight excluding hydrogens is 184 g/mol. The van der Waals surface area contributed by atoms with Gasteiger partial charge in [0.1, 0.15) is 0 Å². The highest BCUT2D eigenvalue weighted by Crippen LogP contribution is 1.94. The zero-order valence-electron chi connectivity index (χ0n) is 9.83. The number of ether oxygens (including phenoxy) is 1. The molecule has 0 aliphatic carbocycles. The molecule has 14 heavy (non-hydrogen) atoms. The lowest BCUT2D eigenvalue weighted by molar-refractivity contribution is -0.145. The maximum absolute atomic E-state index is 10.2. The van der Waals surface area contributed by atoms with Gasteiger partial charge < -0.3 is 15.3 Å². The van der Waals surface area contributed by atoms with Gasteiger partial charge in [0, 0.05) is 6.92 Å². The van der Waals surface area contributed by atoms with Crippen LogP contribution in [0.25, 0.3) is 0 Å². The number of rotatable bonds is 3. The molecule has 0 saturated heterocycles. The molecule has 0 bridgehead atoms. The Bertz CT molecular complexity index is 123. The van der Waals surface area contributed by atoms with Gasteiger partial charge in [-0.25, -0.2) is 0 Å². The zero-order valence-corrected chi connectivity index (χ0v) is 9.83. The van der Waals surface area contributed by atoms with Crippen LogP contribution in [0, 0.1) is 0 Å². The van der Waals surface area contributed by atoms with Crippen molar-refractivity contribution in [3.05, 3.63) is 0 Å². The number of hydrogen-bond acceptors (Lipinski definition) is 3. The Kier molecular flexibility index (Phi) is 16.9. The number of esters is 1. The van der Waals surface area contributed by atoms with Gasteiger partial charge in [-0.05, 0) is 26.7 Å². The van der Waals surface area contributed by atoms with E-state index in [0.717, 1.165) is 12.8 Å². The first kappa shape index (κ1) is 19.0. The highest BCUT2D eigenvalue weighted by Gasteiger charge is 1.99. The van der Waals surface area contributed by atoms with Gasteiger partial charge >= 0.3 is 5.97 Å². The standard InChI is InChI=1S/C6H12O2.C4H10O.H2O/c1-4-5(2)8-6(3)7;1-3-4(2)5;/h5H,4H2,1-3H3;4-5H,3H2,1-2H3;1H2. The van der Waals surface area contributed by atoms with E-state index in [4.69, 9.17) is 9.84 Å². The van der Waals surface area contributed by atoms with Gasteiger partial charge in [0.2, 0.25) is 0 Å². The minimum absolute atomic E-state index is 0. The molecule has 0 rings (SSSR count). The van der Waals surface area contributed by atoms with E-state index < -0.39 is 0 Å². The van der Waals surface area contributed by atoms with Crippen LogP contribution in [-0.2, 0) is 9.53 Å². The van der Waals surface area contributed by atoms with E-state index in [-0.39, 0.29) is 23.7 Å². The molecule has 0 heterocycles. The zero-order chi connectivity index (χ0) is 10.9. The van der Waals surface area contributed by atoms with Crippen molar-refractivity contribution >= 4 is 5.97 Å². The van der Waals surface area contributed by atoms with Crippen LogP contribution in [0.3, 0.4) is 0 Å². The van der Waals surface area contributed by atoms with Crippen molar-refractivity contribution in [2.75, 3.05) is 0 Å². The van der Waals surface area contributed by atoms with E-state index in [1.54, 1.807) is 6.92 Å². The van der Waals surface area contributed by atoms with Gasteiger partial charge in [-0.1, -0.05) is 13.8 Å². The lowest BCUT2D eigenvalue weighted by Crippen LogP contribution is -2.09. The van der Waals surface area contributed by atoms with E-state index in [0.29, 0.717) is 0 Å². The molecule has 88 valence electrons. The van der Waals surface area contributed by atoms with Crippen LogP contribution in [0.15, 0.2) is 0 Å². The fraction of sp³-hybridized carbons (Fsp3) is 0.900. The molecule has 3 N–H and O–H groups in total. The minimum atomic E-state index is -0.195. The maximum atomic E-state index is 10.2. The van der Waals surface area contributed by atoms with E-state index in [1.807, 2.05) is 20.8 Å². The topological polar surface area (TPSA) is 78.0 Å². The molecule has 0 aliphatic rings. The summed E-state index contributed by atoms with van der Waals surface area (Å²) in [6.07, 6.45) is 1.71. The molecule has 0 aromatic rings. The smallest absolute Gasteiger partial charge is 0.302 e. The van der Waals surface area contributed by atoms with Crippen LogP contribution in [0.1, 0.15) is 47.5 Å². The number of carbonyl (C=O) groups excluding carboxylic acids is 1. The van der Waals surface area contributed by atoms with Crippen LogP contribution < -0.4 is 0 Å². The molecule has 0 saturated carbocycles. The summed E-state index contributed by atoms with van der Waals surface area (Å²) in [5, 5.41) is 8.36. The van der Waals surface area contributed by atoms with Crippen LogP contribution in [-0.4, -0.2) is 28.8 Å². The lowest BCUT2D eigenvalue weighted by Gasteiger charge is -2.06. The lowest BCUT2D eigenvalue weighted by atomic mass is 10.3. The van der Waals surface area contributed by atoms with Crippen molar-refractivity contribution in [2.24, 2.45) is 0 Å². The van der Waals surface area contributed by atoms with Gasteiger partial charge in [-0.15, -0.1) is 0 Å². The molecule has 0 aliphatic heterocycles. The molecule has 0 radical (unpaired) electrons. The molecule has 0 aromatic carbocycles. The third-order valence-corrected chi connectivity index (χ3v) is 1.53. The number of carbonyl (C=O) groups is 1. The fourth-order valence-electron chi connectivity index (χ4n) is 0.367. The Morgan fingerprint density at radius 2 is 1.64 bits per heavy atom. The quantitative estimate of drug-likeness (QED) is 0.710. The summed E-state index contributed by atoms with van der Waals surface area (Å²) in [7, 11) is 0. The second kappa shape index (κ2) is 12.4. The van der Waals surface area contributed by atoms with E-state index in [1.165, 1.54) is 6.92 Å². The summed E-state index contributed by atoms with van der Waals surface area (Å²) >= 11 is 0. The molecule has 4 nitrogen and oxygen atoms in total. The predicted octanol–water partition coefficient (Wildman–Crippen LogP) is 1.30. The SMILES string of the molecule is CCC(C)O.CCC(C)OC(C)=O.O. The monoisotopic (exact) mass is 208 g/mol. The second-order valence-electron chi connectivity index (χ2n) is 3.09. The summed E-state index contributed by atoms with van der Waals surface area (Å²) in [4.78, 5) is 10.2. The summed E-state index contributed by atoms with van der Waals surface area (Å²) in [5.41, 5.74) is 0. The molecule has 2 unspecified atom stereocenters. The second-order valence-corrected chi connectivity index (χ2v) is 3.09. The summed E-state index contributed by atoms with van der Waals surface area (Å²) in [6, 6.07) is 0. The Morgan fingerprint density at radius 3 is 1.71 bits per heavy atom. The van der Waals surface area contributed by atoms with E-state index in [2.05, 4.69) is 0 Å². The van der Waals surface area contributed by atoms with Crippen molar-refractivity contribution in [1.29, 1.82) is 0 Å². The average molecular weight is 208 g/mol. The Labute approximate surface area is 86.6 Å². The first-order chi connectivity index (χ1) is 5.93. The Morgan fingerprint density at radius 1 is 1.29 bits per heavy atom. The Hall–Kier alpha value is -0.610. The van der Waals surface area contributed by atoms with E-state index in [9.17, 15) is 4.79 Å². The molecular formula is C10H24O4. The van der Waals surface area contributed by atoms with Crippen molar-refractivity contribution in [1.82, 2.24) is 0 Å². The predicted molar refractivity (Wildman–Crippen MR) is 57.1 cm³/mol. The third kappa shape index (κ3) is 22.5. The van der Waals surface area contributed by atoms with Gasteiger partial charge in [0.15, 0.2) is 0 Å². The first-order valence-electron chi connectivity index (χ1n) is 4.79. The maximum Gasteiger partial charge on any atom is 0.302 e. The molecule has 0 amide bonds. The molecule has 4 heteroatoms. The highest BCUT2D eigenvalue weighted by atomic mass is 16.5. The molecule has 0 spiro atoms. The summed E-state index contributed by atoms with van der Waals surface area (Å²) in [5.74, 6) is -0.195. The molecule has 0 fully saturated rings. The first-order valence-corrected chi connectivity index (χ1v) is 4.79. The van der Waals surface area contributed by atoms with Crippen molar-refractivity contribution in [3.63, 3.8) is 0 Å². The van der Waals surface area contributed by atoms with Crippen molar-refractivity contribution in [3.8, 4) is 0 Å². The van der Waals surface area contributed by atoms with Crippen molar-refractivity contribution < 1.29 is 20.1 Å². The number of aliphatic hydroxyl groups is 1. The van der Waals surface area contributed by atoms with Crippen LogP contribution >= 0.6 is 0 Å². The van der Waals surface area contributed by atoms with Crippen LogP contribution in [0.2, 0.25) is 0 Å². The molecule has 0 aromatic heterocycles. The van der Waals surface area contributed by atoms with Crippen molar-refractivity contribution in [2.45, 2.75) is 59.7 Å². The molecule has 2 atom stereocenters. The summed E-state index contributed by atoms with van der Waals surface area (Å²) in [6.45, 7) is 9.01. The van der Waals surface area contributed by atoms with Crippen LogP contribution in [0.4, 0.5) is 0 Å². The van der Waals surface area contributed by atoms with E-state index >= 15 is 0 Å².